The maximum Gasteiger partial charge on any atom is 0.335 e. The zero-order valence-electron chi connectivity index (χ0n) is 16.6. The Labute approximate surface area is 179 Å². The highest BCUT2D eigenvalue weighted by Gasteiger charge is 2.27. The second kappa shape index (κ2) is 10.3. The highest BCUT2D eigenvalue weighted by molar-refractivity contribution is 7.97. The van der Waals surface area contributed by atoms with Gasteiger partial charge in [-0.05, 0) is 49.4 Å². The Morgan fingerprint density at radius 3 is 1.53 bits per heavy atom. The van der Waals surface area contributed by atoms with Crippen LogP contribution in [-0.4, -0.2) is 11.1 Å². The third-order valence-corrected chi connectivity index (χ3v) is 6.56. The Kier molecular flexibility index (Phi) is 7.30. The van der Waals surface area contributed by atoms with E-state index in [1.165, 1.54) is 44.5 Å². The van der Waals surface area contributed by atoms with Crippen molar-refractivity contribution in [3.05, 3.63) is 120 Å². The molecule has 0 bridgehead atoms. The number of carbonyl (C=O) groups is 1. The normalized spacial score (nSPS) is 10.2. The van der Waals surface area contributed by atoms with Crippen LogP contribution in [0.2, 0.25) is 0 Å². The minimum Gasteiger partial charge on any atom is -0.872 e. The maximum atomic E-state index is 10.7. The number of hydrogen-bond acceptors (Lipinski definition) is 2. The predicted molar refractivity (Wildman–Crippen MR) is 119 cm³/mol. The predicted octanol–water partition coefficient (Wildman–Crippen LogP) is 5.55. The zero-order chi connectivity index (χ0) is 21.3. The smallest absolute Gasteiger partial charge is 0.335 e. The summed E-state index contributed by atoms with van der Waals surface area (Å²) in [5.41, 5.74) is 1.13. The van der Waals surface area contributed by atoms with E-state index in [0.717, 1.165) is 0 Å². The average molecular weight is 415 g/mol. The van der Waals surface area contributed by atoms with Crippen LogP contribution in [0, 0.1) is 6.92 Å². The van der Waals surface area contributed by atoms with Crippen molar-refractivity contribution >= 4 is 16.9 Å². The minimum absolute atomic E-state index is 0.0229. The van der Waals surface area contributed by atoms with E-state index in [2.05, 4.69) is 91.9 Å². The third kappa shape index (κ3) is 5.52. The van der Waals surface area contributed by atoms with Crippen LogP contribution in [0.15, 0.2) is 124 Å². The molecule has 0 fully saturated rings. The molecule has 0 aromatic heterocycles. The highest BCUT2D eigenvalue weighted by Crippen LogP contribution is 2.30. The van der Waals surface area contributed by atoms with E-state index in [-0.39, 0.29) is 16.5 Å². The fourth-order valence-corrected chi connectivity index (χ4v) is 4.92. The first-order valence-electron chi connectivity index (χ1n) is 9.46. The molecule has 3 nitrogen and oxygen atoms in total. The second-order valence-corrected chi connectivity index (χ2v) is 8.57. The van der Waals surface area contributed by atoms with Gasteiger partial charge in [0.05, 0.1) is 16.5 Å². The lowest BCUT2D eigenvalue weighted by atomic mass is 10.2. The van der Waals surface area contributed by atoms with E-state index >= 15 is 0 Å². The summed E-state index contributed by atoms with van der Waals surface area (Å²) >= 11 is 0. The Morgan fingerprint density at radius 2 is 1.10 bits per heavy atom. The van der Waals surface area contributed by atoms with Gasteiger partial charge in [-0.1, -0.05) is 78.0 Å². The van der Waals surface area contributed by atoms with Crippen molar-refractivity contribution in [3.8, 4) is 5.75 Å². The molecule has 4 rings (SSSR count). The van der Waals surface area contributed by atoms with Crippen LogP contribution in [0.5, 0.6) is 5.75 Å². The van der Waals surface area contributed by atoms with Gasteiger partial charge < -0.3 is 10.2 Å². The Balaban J connectivity index is 0.000000216. The van der Waals surface area contributed by atoms with Crippen molar-refractivity contribution < 1.29 is 15.0 Å². The molecule has 0 aliphatic carbocycles. The molecule has 0 atom stereocenters. The third-order valence-electron chi connectivity index (χ3n) is 4.33. The number of benzene rings is 4. The van der Waals surface area contributed by atoms with Gasteiger partial charge in [0.25, 0.3) is 0 Å². The molecule has 0 aliphatic rings. The van der Waals surface area contributed by atoms with E-state index < -0.39 is 11.7 Å². The molecular formula is C26H22O3S. The van der Waals surface area contributed by atoms with Gasteiger partial charge in [0.15, 0.2) is 14.7 Å². The maximum absolute atomic E-state index is 10.7. The molecule has 0 heterocycles. The van der Waals surface area contributed by atoms with Crippen molar-refractivity contribution in [1.82, 2.24) is 0 Å². The number of hydrogen-bond donors (Lipinski definition) is 1. The second-order valence-electron chi connectivity index (χ2n) is 6.55. The molecule has 4 aromatic carbocycles. The molecular weight excluding hydrogens is 392 g/mol. The van der Waals surface area contributed by atoms with Gasteiger partial charge in [0, 0.05) is 0 Å². The minimum atomic E-state index is -1.18. The number of para-hydroxylation sites is 1. The first-order valence-corrected chi connectivity index (χ1v) is 10.7. The number of aryl methyl sites for hydroxylation is 1. The van der Waals surface area contributed by atoms with E-state index in [0.29, 0.717) is 0 Å². The van der Waals surface area contributed by atoms with Gasteiger partial charge in [-0.15, -0.1) is 0 Å². The molecule has 0 spiro atoms. The van der Waals surface area contributed by atoms with E-state index in [1.807, 2.05) is 0 Å². The molecule has 0 saturated carbocycles. The Morgan fingerprint density at radius 1 is 0.667 bits per heavy atom. The van der Waals surface area contributed by atoms with E-state index in [1.54, 1.807) is 0 Å². The van der Waals surface area contributed by atoms with Crippen LogP contribution in [0.25, 0.3) is 0 Å². The molecule has 150 valence electrons. The zero-order valence-corrected chi connectivity index (χ0v) is 17.4. The summed E-state index contributed by atoms with van der Waals surface area (Å²) in [4.78, 5) is 14.3. The Bertz CT molecular complexity index is 1040. The molecule has 4 heteroatoms. The van der Waals surface area contributed by atoms with Gasteiger partial charge in [0.2, 0.25) is 0 Å². The molecule has 0 amide bonds. The summed E-state index contributed by atoms with van der Waals surface area (Å²) in [5, 5.41) is 19.0. The molecule has 30 heavy (non-hydrogen) atoms. The summed E-state index contributed by atoms with van der Waals surface area (Å²) in [6.45, 7) is 2.13. The number of aromatic carboxylic acids is 1. The van der Waals surface area contributed by atoms with Crippen LogP contribution in [0.4, 0.5) is 0 Å². The van der Waals surface area contributed by atoms with Crippen LogP contribution < -0.4 is 5.11 Å². The molecule has 0 aliphatic heterocycles. The molecule has 0 unspecified atom stereocenters. The SMILES string of the molecule is Cc1ccc([S+](c2ccccc2)c2ccccc2)cc1.O=C(O)c1ccccc1[O-]. The molecule has 0 saturated heterocycles. The van der Waals surface area contributed by atoms with Gasteiger partial charge in [0.1, 0.15) is 0 Å². The standard InChI is InChI=1S/C19H17S.C7H6O3/c1-16-12-14-19(15-13-16)20(17-8-4-2-5-9-17)18-10-6-3-7-11-18;8-6-4-2-1-3-5(6)7(9)10/h2-15H,1H3;1-4,8H,(H,9,10)/q+1;/p-1. The summed E-state index contributed by atoms with van der Waals surface area (Å²) in [7, 11) is -0.0229. The highest BCUT2D eigenvalue weighted by atomic mass is 32.2. The first-order chi connectivity index (χ1) is 14.6. The average Bonchev–Trinajstić information content (AvgIpc) is 2.77. The number of carboxylic acid groups (broad SMARTS) is 1. The Hall–Kier alpha value is -3.50. The lowest BCUT2D eigenvalue weighted by Gasteiger charge is -2.07. The lowest BCUT2D eigenvalue weighted by Crippen LogP contribution is -2.04. The van der Waals surface area contributed by atoms with E-state index in [4.69, 9.17) is 5.11 Å². The monoisotopic (exact) mass is 414 g/mol. The largest absolute Gasteiger partial charge is 0.872 e. The van der Waals surface area contributed by atoms with Gasteiger partial charge >= 0.3 is 5.97 Å². The van der Waals surface area contributed by atoms with E-state index in [9.17, 15) is 9.90 Å². The molecule has 0 radical (unpaired) electrons. The van der Waals surface area contributed by atoms with Crippen LogP contribution in [0.1, 0.15) is 15.9 Å². The van der Waals surface area contributed by atoms with Crippen molar-refractivity contribution in [2.45, 2.75) is 21.6 Å². The topological polar surface area (TPSA) is 60.4 Å². The summed E-state index contributed by atoms with van der Waals surface area (Å²) < 4.78 is 0. The molecule has 4 aromatic rings. The van der Waals surface area contributed by atoms with Crippen LogP contribution in [-0.2, 0) is 10.9 Å². The van der Waals surface area contributed by atoms with Crippen molar-refractivity contribution in [2.24, 2.45) is 0 Å². The van der Waals surface area contributed by atoms with Crippen LogP contribution >= 0.6 is 0 Å². The van der Waals surface area contributed by atoms with Gasteiger partial charge in [-0.2, -0.15) is 0 Å². The quantitative estimate of drug-likeness (QED) is 0.446. The number of carboxylic acids is 1. The number of rotatable bonds is 4. The van der Waals surface area contributed by atoms with Crippen LogP contribution in [0.3, 0.4) is 0 Å². The summed E-state index contributed by atoms with van der Waals surface area (Å²) in [6, 6.07) is 35.9. The summed E-state index contributed by atoms with van der Waals surface area (Å²) in [5.74, 6) is -1.62. The van der Waals surface area contributed by atoms with Crippen molar-refractivity contribution in [2.75, 3.05) is 0 Å². The fraction of sp³-hybridized carbons (Fsp3) is 0.0385. The first kappa shape index (κ1) is 21.2. The fourth-order valence-electron chi connectivity index (χ4n) is 2.84. The molecule has 1 N–H and O–H groups in total. The summed E-state index contributed by atoms with van der Waals surface area (Å²) in [6.07, 6.45) is 0. The van der Waals surface area contributed by atoms with Crippen molar-refractivity contribution in [1.29, 1.82) is 0 Å². The van der Waals surface area contributed by atoms with Gasteiger partial charge in [-0.25, -0.2) is 4.79 Å². The van der Waals surface area contributed by atoms with Gasteiger partial charge in [-0.3, -0.25) is 0 Å². The lowest BCUT2D eigenvalue weighted by molar-refractivity contribution is -0.268. The van der Waals surface area contributed by atoms with Crippen molar-refractivity contribution in [3.63, 3.8) is 0 Å².